The third-order valence-corrected chi connectivity index (χ3v) is 3.86. The fourth-order valence-corrected chi connectivity index (χ4v) is 2.47. The highest BCUT2D eigenvalue weighted by Crippen LogP contribution is 2.17. The van der Waals surface area contributed by atoms with Crippen LogP contribution in [0.1, 0.15) is 12.0 Å². The summed E-state index contributed by atoms with van der Waals surface area (Å²) in [6.07, 6.45) is 1.47. The zero-order chi connectivity index (χ0) is 15.1. The molecular weight excluding hydrogens is 333 g/mol. The van der Waals surface area contributed by atoms with Gasteiger partial charge in [0.15, 0.2) is 0 Å². The number of hydrogen-bond donors (Lipinski definition) is 1. The van der Waals surface area contributed by atoms with Gasteiger partial charge in [0.2, 0.25) is 0 Å². The quantitative estimate of drug-likeness (QED) is 0.807. The summed E-state index contributed by atoms with van der Waals surface area (Å²) in [7, 11) is 1.89. The predicted molar refractivity (Wildman–Crippen MR) is 87.2 cm³/mol. The number of benzene rings is 2. The summed E-state index contributed by atoms with van der Waals surface area (Å²) in [6, 6.07) is 15.1. The van der Waals surface area contributed by atoms with Gasteiger partial charge in [0, 0.05) is 10.5 Å². The molecule has 0 bridgehead atoms. The van der Waals surface area contributed by atoms with Crippen molar-refractivity contribution in [3.8, 4) is 5.75 Å². The summed E-state index contributed by atoms with van der Waals surface area (Å²) in [6.45, 7) is 0.605. The molecule has 4 heteroatoms. The van der Waals surface area contributed by atoms with Crippen molar-refractivity contribution in [3.63, 3.8) is 0 Å². The van der Waals surface area contributed by atoms with Gasteiger partial charge >= 0.3 is 0 Å². The first kappa shape index (κ1) is 16.0. The smallest absolute Gasteiger partial charge is 0.127 e. The average Bonchev–Trinajstić information content (AvgIpc) is 2.49. The summed E-state index contributed by atoms with van der Waals surface area (Å²) in [5, 5.41) is 3.22. The molecule has 1 unspecified atom stereocenters. The topological polar surface area (TPSA) is 21.3 Å². The van der Waals surface area contributed by atoms with Crippen LogP contribution in [0.3, 0.4) is 0 Å². The molecule has 1 N–H and O–H groups in total. The van der Waals surface area contributed by atoms with Crippen molar-refractivity contribution in [1.29, 1.82) is 0 Å². The molecular formula is C17H19BrFNO. The highest BCUT2D eigenvalue weighted by atomic mass is 79.9. The van der Waals surface area contributed by atoms with E-state index >= 15 is 0 Å². The number of ether oxygens (including phenoxy) is 1. The van der Waals surface area contributed by atoms with E-state index < -0.39 is 0 Å². The SMILES string of the molecule is CNC(CCOc1ccccc1)Cc1ccc(Br)cc1F. The Morgan fingerprint density at radius 3 is 2.62 bits per heavy atom. The van der Waals surface area contributed by atoms with Crippen LogP contribution in [0.4, 0.5) is 4.39 Å². The molecule has 1 atom stereocenters. The van der Waals surface area contributed by atoms with E-state index in [1.807, 2.05) is 49.5 Å². The van der Waals surface area contributed by atoms with Gasteiger partial charge < -0.3 is 10.1 Å². The number of hydrogen-bond acceptors (Lipinski definition) is 2. The maximum Gasteiger partial charge on any atom is 0.127 e. The molecule has 0 aromatic heterocycles. The van der Waals surface area contributed by atoms with E-state index in [1.54, 1.807) is 0 Å². The van der Waals surface area contributed by atoms with Gasteiger partial charge in [0.1, 0.15) is 11.6 Å². The third kappa shape index (κ3) is 5.14. The first-order valence-corrected chi connectivity index (χ1v) is 7.77. The lowest BCUT2D eigenvalue weighted by Gasteiger charge is -2.17. The van der Waals surface area contributed by atoms with Crippen LogP contribution in [0.25, 0.3) is 0 Å². The maximum atomic E-state index is 13.8. The Labute approximate surface area is 133 Å². The van der Waals surface area contributed by atoms with Gasteiger partial charge in [-0.05, 0) is 49.7 Å². The molecule has 0 heterocycles. The predicted octanol–water partition coefficient (Wildman–Crippen LogP) is 4.19. The van der Waals surface area contributed by atoms with E-state index in [4.69, 9.17) is 4.74 Å². The largest absolute Gasteiger partial charge is 0.494 e. The van der Waals surface area contributed by atoms with Gasteiger partial charge in [0.25, 0.3) is 0 Å². The third-order valence-electron chi connectivity index (χ3n) is 3.37. The van der Waals surface area contributed by atoms with E-state index in [9.17, 15) is 4.39 Å². The highest BCUT2D eigenvalue weighted by molar-refractivity contribution is 9.10. The summed E-state index contributed by atoms with van der Waals surface area (Å²) >= 11 is 3.27. The minimum Gasteiger partial charge on any atom is -0.494 e. The molecule has 2 aromatic carbocycles. The molecule has 0 radical (unpaired) electrons. The lowest BCUT2D eigenvalue weighted by molar-refractivity contribution is 0.288. The molecule has 112 valence electrons. The van der Waals surface area contributed by atoms with Crippen LogP contribution in [0.5, 0.6) is 5.75 Å². The fourth-order valence-electron chi connectivity index (χ4n) is 2.14. The molecule has 21 heavy (non-hydrogen) atoms. The normalized spacial score (nSPS) is 12.1. The Hall–Kier alpha value is -1.39. The van der Waals surface area contributed by atoms with Crippen molar-refractivity contribution in [3.05, 3.63) is 64.4 Å². The van der Waals surface area contributed by atoms with Gasteiger partial charge in [0.05, 0.1) is 6.61 Å². The molecule has 2 nitrogen and oxygen atoms in total. The van der Waals surface area contributed by atoms with Crippen molar-refractivity contribution in [2.24, 2.45) is 0 Å². The maximum absolute atomic E-state index is 13.8. The first-order chi connectivity index (χ1) is 10.2. The Balaban J connectivity index is 1.85. The molecule has 0 spiro atoms. The van der Waals surface area contributed by atoms with E-state index in [1.165, 1.54) is 6.07 Å². The Bertz CT molecular complexity index is 562. The minimum atomic E-state index is -0.173. The van der Waals surface area contributed by atoms with Crippen LogP contribution >= 0.6 is 15.9 Å². The van der Waals surface area contributed by atoms with E-state index in [0.717, 1.165) is 22.2 Å². The Morgan fingerprint density at radius 1 is 1.19 bits per heavy atom. The van der Waals surface area contributed by atoms with Crippen molar-refractivity contribution < 1.29 is 9.13 Å². The molecule has 0 saturated heterocycles. The van der Waals surface area contributed by atoms with Crippen LogP contribution in [-0.4, -0.2) is 19.7 Å². The number of nitrogens with one attached hydrogen (secondary N) is 1. The monoisotopic (exact) mass is 351 g/mol. The van der Waals surface area contributed by atoms with Crippen LogP contribution in [0.15, 0.2) is 53.0 Å². The first-order valence-electron chi connectivity index (χ1n) is 6.98. The van der Waals surface area contributed by atoms with Gasteiger partial charge in [-0.2, -0.15) is 0 Å². The van der Waals surface area contributed by atoms with Crippen LogP contribution < -0.4 is 10.1 Å². The second-order valence-corrected chi connectivity index (χ2v) is 5.79. The summed E-state index contributed by atoms with van der Waals surface area (Å²) in [5.74, 6) is 0.691. The van der Waals surface area contributed by atoms with Crippen molar-refractivity contribution >= 4 is 15.9 Å². The second-order valence-electron chi connectivity index (χ2n) is 4.88. The zero-order valence-electron chi connectivity index (χ0n) is 12.0. The van der Waals surface area contributed by atoms with E-state index in [-0.39, 0.29) is 11.9 Å². The molecule has 0 aliphatic heterocycles. The minimum absolute atomic E-state index is 0.173. The van der Waals surface area contributed by atoms with Crippen LogP contribution in [0.2, 0.25) is 0 Å². The van der Waals surface area contributed by atoms with Crippen LogP contribution in [-0.2, 0) is 6.42 Å². The van der Waals surface area contributed by atoms with Crippen molar-refractivity contribution in [2.75, 3.05) is 13.7 Å². The summed E-state index contributed by atoms with van der Waals surface area (Å²) in [4.78, 5) is 0. The molecule has 0 amide bonds. The second kappa shape index (κ2) is 8.15. The Kier molecular flexibility index (Phi) is 6.21. The van der Waals surface area contributed by atoms with Gasteiger partial charge in [-0.3, -0.25) is 0 Å². The average molecular weight is 352 g/mol. The lowest BCUT2D eigenvalue weighted by atomic mass is 10.0. The van der Waals surface area contributed by atoms with Crippen molar-refractivity contribution in [1.82, 2.24) is 5.32 Å². The van der Waals surface area contributed by atoms with Gasteiger partial charge in [-0.15, -0.1) is 0 Å². The standard InChI is InChI=1S/C17H19BrFNO/c1-20-15(9-10-21-16-5-3-2-4-6-16)11-13-7-8-14(18)12-17(13)19/h2-8,12,15,20H,9-11H2,1H3. The zero-order valence-corrected chi connectivity index (χ0v) is 13.6. The van der Waals surface area contributed by atoms with Crippen molar-refractivity contribution in [2.45, 2.75) is 18.9 Å². The molecule has 2 aromatic rings. The molecule has 0 aliphatic rings. The molecule has 0 aliphatic carbocycles. The summed E-state index contributed by atoms with van der Waals surface area (Å²) in [5.41, 5.74) is 0.720. The van der Waals surface area contributed by atoms with Gasteiger partial charge in [-0.1, -0.05) is 40.2 Å². The molecule has 0 fully saturated rings. The summed E-state index contributed by atoms with van der Waals surface area (Å²) < 4.78 is 20.3. The van der Waals surface area contributed by atoms with Crippen LogP contribution in [0, 0.1) is 5.82 Å². The lowest BCUT2D eigenvalue weighted by Crippen LogP contribution is -2.29. The number of likely N-dealkylation sites (N-methyl/N-ethyl adjacent to an activating group) is 1. The number of rotatable bonds is 7. The number of halogens is 2. The Morgan fingerprint density at radius 2 is 1.95 bits per heavy atom. The van der Waals surface area contributed by atoms with E-state index in [0.29, 0.717) is 13.0 Å². The molecule has 2 rings (SSSR count). The molecule has 0 saturated carbocycles. The fraction of sp³-hybridized carbons (Fsp3) is 0.294. The van der Waals surface area contributed by atoms with Gasteiger partial charge in [-0.25, -0.2) is 4.39 Å². The highest BCUT2D eigenvalue weighted by Gasteiger charge is 2.11. The van der Waals surface area contributed by atoms with E-state index in [2.05, 4.69) is 21.2 Å². The number of para-hydroxylation sites is 1.